The fraction of sp³-hybridized carbons (Fsp3) is 0.143. The maximum Gasteiger partial charge on any atom is 0.0641 e. The Morgan fingerprint density at radius 2 is 1.63 bits per heavy atom. The van der Waals surface area contributed by atoms with E-state index in [1.807, 2.05) is 25.1 Å². The molecule has 0 saturated carbocycles. The van der Waals surface area contributed by atoms with Gasteiger partial charge >= 0.3 is 0 Å². The van der Waals surface area contributed by atoms with Crippen molar-refractivity contribution in [2.75, 3.05) is 5.32 Å². The highest BCUT2D eigenvalue weighted by Crippen LogP contribution is 2.30. The van der Waals surface area contributed by atoms with Crippen molar-refractivity contribution in [1.29, 1.82) is 0 Å². The molecule has 2 aromatic carbocycles. The fourth-order valence-electron chi connectivity index (χ4n) is 1.64. The van der Waals surface area contributed by atoms with Crippen molar-refractivity contribution in [2.45, 2.75) is 13.5 Å². The van der Waals surface area contributed by atoms with E-state index in [0.29, 0.717) is 26.6 Å². The van der Waals surface area contributed by atoms with Crippen LogP contribution in [0.5, 0.6) is 0 Å². The zero-order valence-corrected chi connectivity index (χ0v) is 13.1. The molecule has 5 heteroatoms. The third-order valence-electron chi connectivity index (χ3n) is 2.73. The Morgan fingerprint density at radius 1 is 0.895 bits per heavy atom. The van der Waals surface area contributed by atoms with Crippen molar-refractivity contribution < 1.29 is 0 Å². The van der Waals surface area contributed by atoms with Crippen LogP contribution in [0.15, 0.2) is 30.3 Å². The quantitative estimate of drug-likeness (QED) is 0.702. The Morgan fingerprint density at radius 3 is 2.32 bits per heavy atom. The predicted molar refractivity (Wildman–Crippen MR) is 85.0 cm³/mol. The minimum atomic E-state index is 0.551. The van der Waals surface area contributed by atoms with Crippen molar-refractivity contribution in [1.82, 2.24) is 0 Å². The first kappa shape index (κ1) is 14.8. The summed E-state index contributed by atoms with van der Waals surface area (Å²) in [5, 5.41) is 5.76. The Balaban J connectivity index is 2.16. The first-order valence-corrected chi connectivity index (χ1v) is 7.12. The zero-order valence-electron chi connectivity index (χ0n) is 10.1. The van der Waals surface area contributed by atoms with Crippen LogP contribution in [0, 0.1) is 6.92 Å². The van der Waals surface area contributed by atoms with Gasteiger partial charge in [-0.2, -0.15) is 0 Å². The van der Waals surface area contributed by atoms with Gasteiger partial charge in [-0.1, -0.05) is 52.5 Å². The van der Waals surface area contributed by atoms with E-state index in [2.05, 4.69) is 5.32 Å². The van der Waals surface area contributed by atoms with Crippen LogP contribution < -0.4 is 5.32 Å². The van der Waals surface area contributed by atoms with Crippen molar-refractivity contribution in [3.05, 3.63) is 61.5 Å². The SMILES string of the molecule is Cc1cc(Cl)c(NCc2ccc(Cl)cc2Cl)cc1Cl. The van der Waals surface area contributed by atoms with Crippen LogP contribution in [-0.4, -0.2) is 0 Å². The highest BCUT2D eigenvalue weighted by molar-refractivity contribution is 6.36. The summed E-state index contributed by atoms with van der Waals surface area (Å²) >= 11 is 24.2. The van der Waals surface area contributed by atoms with Crippen molar-refractivity contribution in [3.8, 4) is 0 Å². The van der Waals surface area contributed by atoms with Crippen LogP contribution in [-0.2, 0) is 6.54 Å². The van der Waals surface area contributed by atoms with E-state index >= 15 is 0 Å². The summed E-state index contributed by atoms with van der Waals surface area (Å²) in [6.45, 7) is 2.46. The maximum absolute atomic E-state index is 6.16. The molecule has 1 N–H and O–H groups in total. The van der Waals surface area contributed by atoms with Gasteiger partial charge in [-0.25, -0.2) is 0 Å². The molecule has 0 aromatic heterocycles. The molecular weight excluding hydrogens is 324 g/mol. The predicted octanol–water partition coefficient (Wildman–Crippen LogP) is 6.22. The molecule has 0 radical (unpaired) electrons. The van der Waals surface area contributed by atoms with E-state index in [1.54, 1.807) is 12.1 Å². The van der Waals surface area contributed by atoms with E-state index in [-0.39, 0.29) is 0 Å². The molecule has 0 unspecified atom stereocenters. The number of rotatable bonds is 3. The normalized spacial score (nSPS) is 10.6. The van der Waals surface area contributed by atoms with Gasteiger partial charge in [-0.3, -0.25) is 0 Å². The molecule has 0 amide bonds. The first-order chi connectivity index (χ1) is 8.97. The molecule has 19 heavy (non-hydrogen) atoms. The average molecular weight is 335 g/mol. The fourth-order valence-corrected chi connectivity index (χ4v) is 2.56. The standard InChI is InChI=1S/C14H11Cl4N/c1-8-4-13(18)14(6-11(8)16)19-7-9-2-3-10(15)5-12(9)17/h2-6,19H,7H2,1H3. The molecule has 0 heterocycles. The van der Waals surface area contributed by atoms with E-state index in [4.69, 9.17) is 46.4 Å². The Kier molecular flexibility index (Phi) is 4.86. The summed E-state index contributed by atoms with van der Waals surface area (Å²) in [5.41, 5.74) is 2.67. The van der Waals surface area contributed by atoms with Gasteiger partial charge in [-0.05, 0) is 42.3 Å². The van der Waals surface area contributed by atoms with E-state index in [0.717, 1.165) is 16.8 Å². The zero-order chi connectivity index (χ0) is 14.0. The molecule has 0 aliphatic rings. The van der Waals surface area contributed by atoms with Gasteiger partial charge < -0.3 is 5.32 Å². The molecule has 1 nitrogen and oxygen atoms in total. The number of nitrogens with one attached hydrogen (secondary N) is 1. The molecule has 0 bridgehead atoms. The van der Waals surface area contributed by atoms with E-state index in [9.17, 15) is 0 Å². The summed E-state index contributed by atoms with van der Waals surface area (Å²) < 4.78 is 0. The molecule has 2 aromatic rings. The van der Waals surface area contributed by atoms with Gasteiger partial charge in [0.15, 0.2) is 0 Å². The average Bonchev–Trinajstić information content (AvgIpc) is 2.34. The third-order valence-corrected chi connectivity index (χ3v) is 4.04. The highest BCUT2D eigenvalue weighted by atomic mass is 35.5. The molecule has 0 aliphatic carbocycles. The number of halogens is 4. The second-order valence-corrected chi connectivity index (χ2v) is 5.83. The second kappa shape index (κ2) is 6.23. The van der Waals surface area contributed by atoms with Crippen molar-refractivity contribution >= 4 is 52.1 Å². The van der Waals surface area contributed by atoms with Crippen molar-refractivity contribution in [3.63, 3.8) is 0 Å². The van der Waals surface area contributed by atoms with Gasteiger partial charge in [0.25, 0.3) is 0 Å². The minimum Gasteiger partial charge on any atom is -0.380 e. The number of anilines is 1. The molecule has 100 valence electrons. The van der Waals surface area contributed by atoms with Gasteiger partial charge in [0.1, 0.15) is 0 Å². The highest BCUT2D eigenvalue weighted by Gasteiger charge is 2.06. The minimum absolute atomic E-state index is 0.551. The van der Waals surface area contributed by atoms with Gasteiger partial charge in [0, 0.05) is 21.6 Å². The molecule has 0 spiro atoms. The third kappa shape index (κ3) is 3.70. The van der Waals surface area contributed by atoms with Crippen LogP contribution in [0.3, 0.4) is 0 Å². The summed E-state index contributed by atoms with van der Waals surface area (Å²) in [4.78, 5) is 0. The molecule has 0 atom stereocenters. The Labute approximate surface area is 132 Å². The van der Waals surface area contributed by atoms with Gasteiger partial charge in [0.2, 0.25) is 0 Å². The molecular formula is C14H11Cl4N. The topological polar surface area (TPSA) is 12.0 Å². The van der Waals surface area contributed by atoms with Gasteiger partial charge in [-0.15, -0.1) is 0 Å². The lowest BCUT2D eigenvalue weighted by molar-refractivity contribution is 1.15. The molecule has 0 aliphatic heterocycles. The van der Waals surface area contributed by atoms with Crippen LogP contribution >= 0.6 is 46.4 Å². The van der Waals surface area contributed by atoms with Crippen LogP contribution in [0.25, 0.3) is 0 Å². The largest absolute Gasteiger partial charge is 0.380 e. The number of benzene rings is 2. The lowest BCUT2D eigenvalue weighted by atomic mass is 10.2. The molecule has 2 rings (SSSR count). The van der Waals surface area contributed by atoms with Crippen molar-refractivity contribution in [2.24, 2.45) is 0 Å². The smallest absolute Gasteiger partial charge is 0.0641 e. The van der Waals surface area contributed by atoms with Crippen LogP contribution in [0.2, 0.25) is 20.1 Å². The second-order valence-electron chi connectivity index (χ2n) is 4.17. The number of hydrogen-bond donors (Lipinski definition) is 1. The lowest BCUT2D eigenvalue weighted by Gasteiger charge is -2.11. The molecule has 0 fully saturated rings. The Bertz CT molecular complexity index is 611. The van der Waals surface area contributed by atoms with E-state index < -0.39 is 0 Å². The summed E-state index contributed by atoms with van der Waals surface area (Å²) in [7, 11) is 0. The van der Waals surface area contributed by atoms with Gasteiger partial charge in [0.05, 0.1) is 10.7 Å². The number of aryl methyl sites for hydroxylation is 1. The van der Waals surface area contributed by atoms with E-state index in [1.165, 1.54) is 0 Å². The van der Waals surface area contributed by atoms with Crippen LogP contribution in [0.4, 0.5) is 5.69 Å². The molecule has 0 saturated heterocycles. The number of hydrogen-bond acceptors (Lipinski definition) is 1. The monoisotopic (exact) mass is 333 g/mol. The Hall–Kier alpha value is -0.600. The first-order valence-electron chi connectivity index (χ1n) is 5.61. The summed E-state index contributed by atoms with van der Waals surface area (Å²) in [5.74, 6) is 0. The van der Waals surface area contributed by atoms with Crippen LogP contribution in [0.1, 0.15) is 11.1 Å². The summed E-state index contributed by atoms with van der Waals surface area (Å²) in [6, 6.07) is 9.03. The maximum atomic E-state index is 6.16. The summed E-state index contributed by atoms with van der Waals surface area (Å²) in [6.07, 6.45) is 0. The lowest BCUT2D eigenvalue weighted by Crippen LogP contribution is -2.01.